The Morgan fingerprint density at radius 1 is 1.27 bits per heavy atom. The van der Waals surface area contributed by atoms with Gasteiger partial charge in [-0.05, 0) is 42.9 Å². The lowest BCUT2D eigenvalue weighted by molar-refractivity contribution is 1.16. The van der Waals surface area contributed by atoms with Crippen molar-refractivity contribution in [2.24, 2.45) is 4.99 Å². The van der Waals surface area contributed by atoms with Gasteiger partial charge in [0.1, 0.15) is 5.82 Å². The predicted octanol–water partition coefficient (Wildman–Crippen LogP) is 5.50. The Morgan fingerprint density at radius 2 is 2.00 bits per heavy atom. The largest absolute Gasteiger partial charge is 0.342 e. The molecule has 22 heavy (non-hydrogen) atoms. The zero-order valence-corrected chi connectivity index (χ0v) is 14.0. The summed E-state index contributed by atoms with van der Waals surface area (Å²) in [5.41, 5.74) is 4.53. The Labute approximate surface area is 143 Å². The Balaban J connectivity index is 2.05. The number of aliphatic imine (C=N–C) groups is 1. The van der Waals surface area contributed by atoms with E-state index in [-0.39, 0.29) is 0 Å². The molecule has 1 aromatic heterocycles. The molecule has 0 saturated carbocycles. The zero-order chi connectivity index (χ0) is 15.7. The topological polar surface area (TPSA) is 41.0 Å². The van der Waals surface area contributed by atoms with Crippen molar-refractivity contribution in [3.05, 3.63) is 57.3 Å². The highest BCUT2D eigenvalue weighted by Crippen LogP contribution is 2.33. The summed E-state index contributed by atoms with van der Waals surface area (Å²) in [4.78, 5) is 11.6. The number of aryl methyl sites for hydroxylation is 1. The maximum Gasteiger partial charge on any atom is 0.104 e. The molecule has 0 aliphatic carbocycles. The number of nitrogens with zero attached hydrogens (tertiary/aromatic N) is 2. The summed E-state index contributed by atoms with van der Waals surface area (Å²) in [5, 5.41) is 3.42. The monoisotopic (exact) mass is 347 g/mol. The lowest BCUT2D eigenvalue weighted by Gasteiger charge is -2.08. The number of benzene rings is 2. The highest BCUT2D eigenvalue weighted by molar-refractivity contribution is 7.78. The van der Waals surface area contributed by atoms with Gasteiger partial charge in [0, 0.05) is 12.0 Å². The van der Waals surface area contributed by atoms with E-state index in [9.17, 15) is 0 Å². The summed E-state index contributed by atoms with van der Waals surface area (Å²) >= 11 is 17.2. The molecule has 0 atom stereocenters. The van der Waals surface area contributed by atoms with Crippen LogP contribution in [0.5, 0.6) is 0 Å². The zero-order valence-electron chi connectivity index (χ0n) is 11.7. The molecule has 0 saturated heterocycles. The first-order chi connectivity index (χ1) is 10.6. The van der Waals surface area contributed by atoms with Gasteiger partial charge >= 0.3 is 0 Å². The van der Waals surface area contributed by atoms with Crippen LogP contribution in [0.2, 0.25) is 10.0 Å². The number of imidazole rings is 1. The number of fused-ring (bicyclic) bond motifs is 1. The minimum atomic E-state index is 0.523. The van der Waals surface area contributed by atoms with Crippen molar-refractivity contribution in [1.29, 1.82) is 0 Å². The van der Waals surface area contributed by atoms with Crippen LogP contribution in [0.1, 0.15) is 17.0 Å². The summed E-state index contributed by atoms with van der Waals surface area (Å²) in [6.45, 7) is 1.91. The normalized spacial score (nSPS) is 10.7. The summed E-state index contributed by atoms with van der Waals surface area (Å²) in [6.07, 6.45) is 0.641. The second kappa shape index (κ2) is 6.19. The van der Waals surface area contributed by atoms with Gasteiger partial charge in [-0.2, -0.15) is 4.99 Å². The van der Waals surface area contributed by atoms with Crippen molar-refractivity contribution < 1.29 is 0 Å². The number of rotatable bonds is 3. The molecule has 3 aromatic rings. The summed E-state index contributed by atoms with van der Waals surface area (Å²) in [7, 11) is 0. The van der Waals surface area contributed by atoms with Crippen LogP contribution in [0.3, 0.4) is 0 Å². The van der Waals surface area contributed by atoms with E-state index in [1.165, 1.54) is 0 Å². The number of nitrogens with one attached hydrogen (secondary N) is 1. The molecule has 1 heterocycles. The second-order valence-corrected chi connectivity index (χ2v) is 5.88. The van der Waals surface area contributed by atoms with Crippen molar-refractivity contribution >= 4 is 57.3 Å². The van der Waals surface area contributed by atoms with E-state index in [0.717, 1.165) is 33.7 Å². The van der Waals surface area contributed by atoms with Gasteiger partial charge in [0.05, 0.1) is 31.9 Å². The first-order valence-electron chi connectivity index (χ1n) is 6.58. The van der Waals surface area contributed by atoms with Gasteiger partial charge in [0.25, 0.3) is 0 Å². The SMILES string of the molecule is Cc1nc2c(Cc3ccc(N=C=S)cc3)c(Cl)c(Cl)cc2[nH]1. The van der Waals surface area contributed by atoms with E-state index < -0.39 is 0 Å². The number of thiocarbonyl (C=S) groups is 1. The van der Waals surface area contributed by atoms with Crippen LogP contribution in [-0.2, 0) is 6.42 Å². The van der Waals surface area contributed by atoms with Crippen LogP contribution in [-0.4, -0.2) is 15.1 Å². The van der Waals surface area contributed by atoms with Gasteiger partial charge in [-0.3, -0.25) is 0 Å². The second-order valence-electron chi connectivity index (χ2n) is 4.92. The van der Waals surface area contributed by atoms with Crippen molar-refractivity contribution in [2.75, 3.05) is 0 Å². The smallest absolute Gasteiger partial charge is 0.104 e. The average molecular weight is 348 g/mol. The van der Waals surface area contributed by atoms with Crippen molar-refractivity contribution in [1.82, 2.24) is 9.97 Å². The Kier molecular flexibility index (Phi) is 4.27. The molecular formula is C16H11Cl2N3S. The Morgan fingerprint density at radius 3 is 2.68 bits per heavy atom. The van der Waals surface area contributed by atoms with Crippen molar-refractivity contribution in [3.63, 3.8) is 0 Å². The van der Waals surface area contributed by atoms with Gasteiger partial charge in [-0.25, -0.2) is 4.98 Å². The van der Waals surface area contributed by atoms with E-state index in [2.05, 4.69) is 32.3 Å². The highest BCUT2D eigenvalue weighted by Gasteiger charge is 2.14. The molecule has 0 spiro atoms. The lowest BCUT2D eigenvalue weighted by Crippen LogP contribution is -1.92. The van der Waals surface area contributed by atoms with E-state index in [1.807, 2.05) is 31.2 Å². The molecule has 0 aliphatic heterocycles. The minimum Gasteiger partial charge on any atom is -0.342 e. The van der Waals surface area contributed by atoms with Crippen LogP contribution >= 0.6 is 35.4 Å². The number of isothiocyanates is 1. The van der Waals surface area contributed by atoms with Gasteiger partial charge in [0.2, 0.25) is 0 Å². The lowest BCUT2D eigenvalue weighted by atomic mass is 10.0. The fourth-order valence-electron chi connectivity index (χ4n) is 2.39. The molecule has 0 bridgehead atoms. The number of hydrogen-bond acceptors (Lipinski definition) is 3. The molecule has 0 fully saturated rings. The quantitative estimate of drug-likeness (QED) is 0.501. The molecular weight excluding hydrogens is 337 g/mol. The van der Waals surface area contributed by atoms with Crippen LogP contribution in [0.4, 0.5) is 5.69 Å². The maximum absolute atomic E-state index is 6.38. The van der Waals surface area contributed by atoms with E-state index in [4.69, 9.17) is 23.2 Å². The average Bonchev–Trinajstić information content (AvgIpc) is 2.86. The molecule has 0 unspecified atom stereocenters. The summed E-state index contributed by atoms with van der Waals surface area (Å²) in [6, 6.07) is 9.54. The third kappa shape index (κ3) is 2.92. The molecule has 1 N–H and O–H groups in total. The van der Waals surface area contributed by atoms with Crippen LogP contribution < -0.4 is 0 Å². The number of H-pyrrole nitrogens is 1. The van der Waals surface area contributed by atoms with Crippen LogP contribution in [0, 0.1) is 6.92 Å². The standard InChI is InChI=1S/C16H11Cl2N3S/c1-9-20-14-7-13(17)15(18)12(16(14)21-9)6-10-2-4-11(5-3-10)19-8-22/h2-5,7H,6H2,1H3,(H,20,21). The molecule has 0 aliphatic rings. The third-order valence-electron chi connectivity index (χ3n) is 3.37. The molecule has 2 aromatic carbocycles. The molecule has 6 heteroatoms. The van der Waals surface area contributed by atoms with Crippen molar-refractivity contribution in [3.8, 4) is 0 Å². The number of hydrogen-bond donors (Lipinski definition) is 1. The molecule has 3 nitrogen and oxygen atoms in total. The van der Waals surface area contributed by atoms with Crippen LogP contribution in [0.15, 0.2) is 35.3 Å². The fourth-order valence-corrected chi connectivity index (χ4v) is 2.93. The van der Waals surface area contributed by atoms with Crippen molar-refractivity contribution in [2.45, 2.75) is 13.3 Å². The number of aromatic amines is 1. The number of aromatic nitrogens is 2. The van der Waals surface area contributed by atoms with Gasteiger partial charge in [-0.15, -0.1) is 0 Å². The highest BCUT2D eigenvalue weighted by atomic mass is 35.5. The molecule has 0 amide bonds. The minimum absolute atomic E-state index is 0.523. The van der Waals surface area contributed by atoms with Gasteiger partial charge < -0.3 is 4.98 Å². The van der Waals surface area contributed by atoms with Gasteiger partial charge in [-0.1, -0.05) is 35.3 Å². The first-order valence-corrected chi connectivity index (χ1v) is 7.75. The molecule has 110 valence electrons. The summed E-state index contributed by atoms with van der Waals surface area (Å²) in [5.74, 6) is 0.834. The third-order valence-corrected chi connectivity index (χ3v) is 4.29. The van der Waals surface area contributed by atoms with E-state index in [1.54, 1.807) is 6.07 Å². The molecule has 3 rings (SSSR count). The van der Waals surface area contributed by atoms with Crippen LogP contribution in [0.25, 0.3) is 11.0 Å². The Bertz CT molecular complexity index is 894. The molecule has 0 radical (unpaired) electrons. The van der Waals surface area contributed by atoms with E-state index in [0.29, 0.717) is 16.5 Å². The first kappa shape index (κ1) is 15.2. The Hall–Kier alpha value is -1.71. The number of halogens is 2. The van der Waals surface area contributed by atoms with Gasteiger partial charge in [0.15, 0.2) is 0 Å². The van der Waals surface area contributed by atoms with E-state index >= 15 is 0 Å². The predicted molar refractivity (Wildman–Crippen MR) is 94.8 cm³/mol. The summed E-state index contributed by atoms with van der Waals surface area (Å²) < 4.78 is 0. The maximum atomic E-state index is 6.38. The fraction of sp³-hybridized carbons (Fsp3) is 0.125.